The Morgan fingerprint density at radius 3 is 2.54 bits per heavy atom. The third-order valence-electron chi connectivity index (χ3n) is 5.88. The van der Waals surface area contributed by atoms with E-state index in [0.717, 1.165) is 6.42 Å². The molecule has 144 valence electrons. The molecule has 0 bridgehead atoms. The number of nitrogens with zero attached hydrogens (tertiary/aromatic N) is 4. The smallest absolute Gasteiger partial charge is 0.338 e. The van der Waals surface area contributed by atoms with Crippen LogP contribution in [0.2, 0.25) is 0 Å². The number of hydrogen-bond donors (Lipinski definition) is 1. The van der Waals surface area contributed by atoms with Gasteiger partial charge in [0.05, 0.1) is 11.4 Å². The second-order valence-electron chi connectivity index (χ2n) is 7.46. The van der Waals surface area contributed by atoms with Crippen LogP contribution in [-0.4, -0.2) is 60.6 Å². The topological polar surface area (TPSA) is 69.3 Å². The summed E-state index contributed by atoms with van der Waals surface area (Å²) in [6, 6.07) is 0.388. The summed E-state index contributed by atoms with van der Waals surface area (Å²) in [5.74, 6) is 0.271. The number of alkyl halides is 3. The van der Waals surface area contributed by atoms with Crippen LogP contribution in [0.1, 0.15) is 42.6 Å². The minimum atomic E-state index is -4.51. The summed E-state index contributed by atoms with van der Waals surface area (Å²) in [5.41, 5.74) is -0.276. The van der Waals surface area contributed by atoms with E-state index in [-0.39, 0.29) is 41.3 Å². The first-order chi connectivity index (χ1) is 12.2. The Hall–Kier alpha value is -1.26. The second-order valence-corrected chi connectivity index (χ2v) is 8.44. The molecule has 3 aliphatic rings. The number of rotatable bonds is 4. The monoisotopic (exact) mass is 390 g/mol. The fraction of sp³-hybridized carbons (Fsp3) is 0.750. The van der Waals surface area contributed by atoms with Gasteiger partial charge < -0.3 is 9.45 Å². The molecule has 6 atom stereocenters. The van der Waals surface area contributed by atoms with Gasteiger partial charge in [-0.1, -0.05) is 0 Å². The molecule has 0 aliphatic carbocycles. The number of piperidine rings is 1. The largest absolute Gasteiger partial charge is 0.433 e. The Morgan fingerprint density at radius 1 is 1.35 bits per heavy atom. The summed E-state index contributed by atoms with van der Waals surface area (Å²) in [4.78, 5) is 12.3. The van der Waals surface area contributed by atoms with Crippen molar-refractivity contribution in [1.29, 1.82) is 0 Å². The fourth-order valence-corrected chi connectivity index (χ4v) is 4.97. The fourth-order valence-electron chi connectivity index (χ4n) is 4.26. The molecule has 4 heterocycles. The minimum Gasteiger partial charge on any atom is -0.338 e. The van der Waals surface area contributed by atoms with E-state index in [1.807, 2.05) is 11.8 Å². The van der Waals surface area contributed by atoms with Crippen molar-refractivity contribution in [2.24, 2.45) is 0 Å². The lowest BCUT2D eigenvalue weighted by atomic mass is 9.95. The molecule has 0 radical (unpaired) electrons. The lowest BCUT2D eigenvalue weighted by molar-refractivity contribution is -0.141. The van der Waals surface area contributed by atoms with E-state index in [4.69, 9.17) is 4.55 Å². The van der Waals surface area contributed by atoms with E-state index >= 15 is 0 Å². The summed E-state index contributed by atoms with van der Waals surface area (Å²) >= 11 is -1.85. The van der Waals surface area contributed by atoms with Crippen LogP contribution in [0.15, 0.2) is 0 Å². The molecule has 0 saturated carbocycles. The minimum absolute atomic E-state index is 0.0659. The van der Waals surface area contributed by atoms with Crippen molar-refractivity contribution in [1.82, 2.24) is 14.9 Å². The van der Waals surface area contributed by atoms with Crippen molar-refractivity contribution >= 4 is 17.0 Å². The van der Waals surface area contributed by atoms with Crippen LogP contribution >= 0.6 is 0 Å². The lowest BCUT2D eigenvalue weighted by Crippen LogP contribution is -2.47. The maximum Gasteiger partial charge on any atom is 0.433 e. The predicted molar refractivity (Wildman–Crippen MR) is 90.5 cm³/mol. The van der Waals surface area contributed by atoms with Gasteiger partial charge in [0, 0.05) is 42.7 Å². The maximum atomic E-state index is 13.5. The van der Waals surface area contributed by atoms with Crippen LogP contribution in [0.25, 0.3) is 0 Å². The van der Waals surface area contributed by atoms with Gasteiger partial charge in [-0.05, 0) is 26.7 Å². The number of anilines is 1. The molecule has 3 aliphatic heterocycles. The molecule has 1 N–H and O–H groups in total. The normalized spacial score (nSPS) is 34.4. The number of aromatic nitrogens is 2. The molecule has 4 unspecified atom stereocenters. The Bertz CT molecular complexity index is 748. The molecule has 6 nitrogen and oxygen atoms in total. The molecule has 1 aromatic heterocycles. The summed E-state index contributed by atoms with van der Waals surface area (Å²) < 4.78 is 60.5. The zero-order valence-corrected chi connectivity index (χ0v) is 15.3. The maximum absolute atomic E-state index is 13.5. The van der Waals surface area contributed by atoms with E-state index in [0.29, 0.717) is 25.2 Å². The van der Waals surface area contributed by atoms with Crippen LogP contribution in [0, 0.1) is 6.92 Å². The molecule has 10 heteroatoms. The first kappa shape index (κ1) is 18.1. The number of hydrogen-bond acceptors (Lipinski definition) is 5. The first-order valence-corrected chi connectivity index (χ1v) is 10.00. The van der Waals surface area contributed by atoms with E-state index in [9.17, 15) is 17.4 Å². The van der Waals surface area contributed by atoms with Gasteiger partial charge in [-0.25, -0.2) is 14.2 Å². The molecule has 3 fully saturated rings. The molecular weight excluding hydrogens is 369 g/mol. The van der Waals surface area contributed by atoms with Crippen LogP contribution in [0.4, 0.5) is 19.1 Å². The highest BCUT2D eigenvalue weighted by molar-refractivity contribution is 7.79. The molecule has 0 spiro atoms. The van der Waals surface area contributed by atoms with Gasteiger partial charge in [0.15, 0.2) is 16.8 Å². The van der Waals surface area contributed by atoms with Gasteiger partial charge in [-0.3, -0.25) is 4.90 Å². The van der Waals surface area contributed by atoms with Gasteiger partial charge in [0.1, 0.15) is 0 Å². The Kier molecular flexibility index (Phi) is 4.27. The highest BCUT2D eigenvalue weighted by Gasteiger charge is 2.55. The Morgan fingerprint density at radius 2 is 2.08 bits per heavy atom. The predicted octanol–water partition coefficient (Wildman–Crippen LogP) is 2.16. The third kappa shape index (κ3) is 3.01. The van der Waals surface area contributed by atoms with Crippen LogP contribution in [0.3, 0.4) is 0 Å². The summed E-state index contributed by atoms with van der Waals surface area (Å²) in [7, 11) is 0. The van der Waals surface area contributed by atoms with Crippen LogP contribution < -0.4 is 4.90 Å². The van der Waals surface area contributed by atoms with E-state index < -0.39 is 23.0 Å². The molecule has 0 aromatic carbocycles. The summed E-state index contributed by atoms with van der Waals surface area (Å²) in [6.07, 6.45) is -2.91. The molecular formula is C16H21F3N4O2S. The second kappa shape index (κ2) is 6.13. The molecule has 0 amide bonds. The quantitative estimate of drug-likeness (QED) is 0.628. The van der Waals surface area contributed by atoms with Gasteiger partial charge in [0.25, 0.3) is 0 Å². The van der Waals surface area contributed by atoms with Crippen molar-refractivity contribution in [2.75, 3.05) is 23.7 Å². The van der Waals surface area contributed by atoms with Gasteiger partial charge in [-0.2, -0.15) is 13.2 Å². The SMILES string of the molecule is Cc1c(C2C[C@H]3[C@@H](CS(=O)O)N3C2)nc(N2CCC2C)nc1C(F)(F)F. The zero-order chi connectivity index (χ0) is 18.8. The number of fused-ring (bicyclic) bond motifs is 1. The van der Waals surface area contributed by atoms with E-state index in [1.165, 1.54) is 6.92 Å². The van der Waals surface area contributed by atoms with Crippen LogP contribution in [-0.2, 0) is 17.3 Å². The van der Waals surface area contributed by atoms with Crippen molar-refractivity contribution in [3.8, 4) is 0 Å². The van der Waals surface area contributed by atoms with E-state index in [1.54, 1.807) is 0 Å². The molecule has 1 aromatic rings. The standard InChI is InChI=1S/C16H21F3N4O2S/c1-8-3-4-22(8)15-20-13(9(2)14(21-15)16(17,18)19)10-5-11-12(7-26(24)25)23(11)6-10/h8,10-12H,3-7H2,1-2H3,(H,24,25)/t8?,10?,11-,12+,23?/m0/s1. The first-order valence-electron chi connectivity index (χ1n) is 8.72. The van der Waals surface area contributed by atoms with Crippen molar-refractivity contribution < 1.29 is 21.9 Å². The summed E-state index contributed by atoms with van der Waals surface area (Å²) in [6.45, 7) is 4.65. The number of halogens is 3. The average Bonchev–Trinajstić information content (AvgIpc) is 2.96. The van der Waals surface area contributed by atoms with Gasteiger partial charge in [-0.15, -0.1) is 0 Å². The molecule has 26 heavy (non-hydrogen) atoms. The van der Waals surface area contributed by atoms with Gasteiger partial charge in [0.2, 0.25) is 5.95 Å². The lowest BCUT2D eigenvalue weighted by Gasteiger charge is -2.39. The van der Waals surface area contributed by atoms with Crippen LogP contribution in [0.5, 0.6) is 0 Å². The third-order valence-corrected chi connectivity index (χ3v) is 6.51. The Labute approximate surface area is 152 Å². The highest BCUT2D eigenvalue weighted by atomic mass is 32.2. The molecule has 3 saturated heterocycles. The Balaban J connectivity index is 1.62. The molecule has 4 rings (SSSR count). The van der Waals surface area contributed by atoms with Gasteiger partial charge >= 0.3 is 6.18 Å². The summed E-state index contributed by atoms with van der Waals surface area (Å²) in [5, 5.41) is 0. The van der Waals surface area contributed by atoms with Crippen molar-refractivity contribution in [3.05, 3.63) is 17.0 Å². The highest BCUT2D eigenvalue weighted by Crippen LogP contribution is 2.47. The van der Waals surface area contributed by atoms with E-state index in [2.05, 4.69) is 14.9 Å². The average molecular weight is 390 g/mol. The zero-order valence-electron chi connectivity index (χ0n) is 14.5. The van der Waals surface area contributed by atoms with Crippen molar-refractivity contribution in [3.63, 3.8) is 0 Å². The van der Waals surface area contributed by atoms with Crippen molar-refractivity contribution in [2.45, 2.75) is 56.9 Å².